The number of nitrogens with zero attached hydrogens (tertiary/aromatic N) is 1. The van der Waals surface area contributed by atoms with E-state index in [9.17, 15) is 24.5 Å². The fourth-order valence-electron chi connectivity index (χ4n) is 2.71. The molecule has 0 bridgehead atoms. The van der Waals surface area contributed by atoms with Gasteiger partial charge in [-0.25, -0.2) is 0 Å². The third-order valence-electron chi connectivity index (χ3n) is 3.99. The van der Waals surface area contributed by atoms with Gasteiger partial charge in [0.2, 0.25) is 0 Å². The van der Waals surface area contributed by atoms with E-state index in [2.05, 4.69) is 15.8 Å². The number of carbonyl (C=O) groups excluding carboxylic acids is 2. The molecule has 0 unspecified atom stereocenters. The summed E-state index contributed by atoms with van der Waals surface area (Å²) >= 11 is 0. The molecular weight excluding hydrogens is 328 g/mol. The lowest BCUT2D eigenvalue weighted by Gasteiger charge is -2.08. The summed E-state index contributed by atoms with van der Waals surface area (Å²) in [5.41, 5.74) is 5.29. The lowest BCUT2D eigenvalue weighted by atomic mass is 10.1. The van der Waals surface area contributed by atoms with Crippen LogP contribution in [0.4, 0.5) is 5.69 Å². The number of aromatic amines is 1. The van der Waals surface area contributed by atoms with Gasteiger partial charge in [0.15, 0.2) is 0 Å². The summed E-state index contributed by atoms with van der Waals surface area (Å²) in [6.07, 6.45) is 3.84. The van der Waals surface area contributed by atoms with Gasteiger partial charge in [0.1, 0.15) is 5.56 Å². The summed E-state index contributed by atoms with van der Waals surface area (Å²) in [4.78, 5) is 47.8. The highest BCUT2D eigenvalue weighted by Crippen LogP contribution is 2.22. The monoisotopic (exact) mass is 342 g/mol. The van der Waals surface area contributed by atoms with Crippen LogP contribution in [0.5, 0.6) is 0 Å². The van der Waals surface area contributed by atoms with Crippen molar-refractivity contribution in [2.75, 3.05) is 0 Å². The molecule has 3 N–H and O–H groups in total. The van der Waals surface area contributed by atoms with Gasteiger partial charge >= 0.3 is 0 Å². The van der Waals surface area contributed by atoms with Gasteiger partial charge in [-0.1, -0.05) is 6.07 Å². The molecule has 1 aromatic heterocycles. The molecule has 1 aliphatic carbocycles. The van der Waals surface area contributed by atoms with Crippen LogP contribution in [0.2, 0.25) is 0 Å². The fourth-order valence-corrected chi connectivity index (χ4v) is 2.71. The molecule has 25 heavy (non-hydrogen) atoms. The molecule has 1 aromatic carbocycles. The second kappa shape index (κ2) is 6.56. The minimum Gasteiger partial charge on any atom is -0.322 e. The van der Waals surface area contributed by atoms with Crippen LogP contribution in [-0.4, -0.2) is 21.7 Å². The summed E-state index contributed by atoms with van der Waals surface area (Å²) in [7, 11) is 0. The van der Waals surface area contributed by atoms with E-state index in [-0.39, 0.29) is 0 Å². The smallest absolute Gasteiger partial charge is 0.286 e. The highest BCUT2D eigenvalue weighted by atomic mass is 16.6. The van der Waals surface area contributed by atoms with Gasteiger partial charge < -0.3 is 4.98 Å². The van der Waals surface area contributed by atoms with Gasteiger partial charge in [-0.05, 0) is 42.5 Å². The van der Waals surface area contributed by atoms with Crippen molar-refractivity contribution in [2.24, 2.45) is 0 Å². The Hall–Kier alpha value is -3.49. The van der Waals surface area contributed by atoms with Crippen molar-refractivity contribution in [3.05, 3.63) is 73.2 Å². The Balaban J connectivity index is 1.70. The Morgan fingerprint density at radius 3 is 2.56 bits per heavy atom. The van der Waals surface area contributed by atoms with Crippen LogP contribution in [-0.2, 0) is 12.8 Å². The molecule has 2 amide bonds. The molecule has 1 aliphatic rings. The number of amides is 2. The maximum absolute atomic E-state index is 12.1. The lowest BCUT2D eigenvalue weighted by Crippen LogP contribution is -2.43. The highest BCUT2D eigenvalue weighted by Gasteiger charge is 2.18. The zero-order valence-corrected chi connectivity index (χ0v) is 13.0. The molecule has 9 nitrogen and oxygen atoms in total. The van der Waals surface area contributed by atoms with Gasteiger partial charge in [-0.2, -0.15) is 0 Å². The first-order valence-corrected chi connectivity index (χ1v) is 7.55. The quantitative estimate of drug-likeness (QED) is 0.561. The predicted octanol–water partition coefficient (Wildman–Crippen LogP) is 0.847. The molecule has 9 heteroatoms. The van der Waals surface area contributed by atoms with Gasteiger partial charge in [0.25, 0.3) is 23.1 Å². The summed E-state index contributed by atoms with van der Waals surface area (Å²) in [6.45, 7) is 0. The summed E-state index contributed by atoms with van der Waals surface area (Å²) in [5.74, 6) is -1.48. The zero-order valence-electron chi connectivity index (χ0n) is 13.0. The van der Waals surface area contributed by atoms with Gasteiger partial charge in [-0.3, -0.25) is 35.3 Å². The number of pyridine rings is 1. The number of hydrazine groups is 1. The Morgan fingerprint density at radius 1 is 1.08 bits per heavy atom. The topological polar surface area (TPSA) is 134 Å². The zero-order chi connectivity index (χ0) is 18.0. The van der Waals surface area contributed by atoms with Gasteiger partial charge in [0.05, 0.1) is 11.1 Å². The first kappa shape index (κ1) is 16.4. The molecule has 0 radical (unpaired) electrons. The van der Waals surface area contributed by atoms with E-state index in [0.717, 1.165) is 37.1 Å². The van der Waals surface area contributed by atoms with E-state index >= 15 is 0 Å². The number of rotatable bonds is 3. The number of carbonyl (C=O) groups is 2. The van der Waals surface area contributed by atoms with Crippen LogP contribution in [0.25, 0.3) is 0 Å². The first-order chi connectivity index (χ1) is 12.0. The molecule has 0 saturated heterocycles. The van der Waals surface area contributed by atoms with Gasteiger partial charge in [0, 0.05) is 11.6 Å². The Bertz CT molecular complexity index is 934. The Kier molecular flexibility index (Phi) is 4.29. The van der Waals surface area contributed by atoms with Crippen LogP contribution in [0.1, 0.15) is 38.3 Å². The summed E-state index contributed by atoms with van der Waals surface area (Å²) in [5, 5.41) is 10.7. The van der Waals surface area contributed by atoms with Crippen molar-refractivity contribution in [1.29, 1.82) is 0 Å². The molecule has 1 heterocycles. The second-order valence-electron chi connectivity index (χ2n) is 5.60. The Labute approximate surface area is 141 Å². The van der Waals surface area contributed by atoms with Crippen LogP contribution in [0.15, 0.2) is 35.3 Å². The number of hydrogen-bond donors (Lipinski definition) is 3. The molecule has 0 atom stereocenters. The second-order valence-corrected chi connectivity index (χ2v) is 5.60. The number of benzene rings is 1. The molecule has 0 aliphatic heterocycles. The van der Waals surface area contributed by atoms with Crippen LogP contribution >= 0.6 is 0 Å². The van der Waals surface area contributed by atoms with Crippen molar-refractivity contribution < 1.29 is 14.5 Å². The lowest BCUT2D eigenvalue weighted by molar-refractivity contribution is -0.385. The van der Waals surface area contributed by atoms with Gasteiger partial charge in [-0.15, -0.1) is 0 Å². The fraction of sp³-hybridized carbons (Fsp3) is 0.188. The summed E-state index contributed by atoms with van der Waals surface area (Å²) in [6, 6.07) is 6.15. The largest absolute Gasteiger partial charge is 0.322 e. The minimum absolute atomic E-state index is 0.383. The molecular formula is C16H14N4O5. The number of H-pyrrole nitrogens is 1. The summed E-state index contributed by atoms with van der Waals surface area (Å²) < 4.78 is 0. The third kappa shape index (κ3) is 3.39. The van der Waals surface area contributed by atoms with Crippen molar-refractivity contribution in [3.8, 4) is 0 Å². The maximum Gasteiger partial charge on any atom is 0.286 e. The number of nitro groups is 1. The molecule has 0 fully saturated rings. The third-order valence-corrected chi connectivity index (χ3v) is 3.99. The minimum atomic E-state index is -0.945. The van der Waals surface area contributed by atoms with Crippen LogP contribution in [0, 0.1) is 10.1 Å². The average molecular weight is 342 g/mol. The number of aromatic nitrogens is 1. The van der Waals surface area contributed by atoms with Crippen LogP contribution < -0.4 is 16.4 Å². The van der Waals surface area contributed by atoms with Crippen molar-refractivity contribution in [2.45, 2.75) is 19.3 Å². The van der Waals surface area contributed by atoms with E-state index in [4.69, 9.17) is 0 Å². The molecule has 3 rings (SSSR count). The SMILES string of the molecule is O=C(NNC(=O)c1cc([N+](=O)[O-])c[nH]c1=O)c1ccc2c(c1)CCC2. The molecule has 128 valence electrons. The number of aryl methyl sites for hydroxylation is 2. The van der Waals surface area contributed by atoms with Crippen LogP contribution in [0.3, 0.4) is 0 Å². The maximum atomic E-state index is 12.1. The molecule has 0 spiro atoms. The van der Waals surface area contributed by atoms with E-state index in [1.54, 1.807) is 12.1 Å². The standard InChI is InChI=1S/C16H14N4O5/c21-14(11-5-4-9-2-1-3-10(9)6-11)18-19-16(23)13-7-12(20(24)25)8-17-15(13)22/h4-8H,1-3H2,(H,17,22)(H,18,21)(H,19,23). The van der Waals surface area contributed by atoms with Crippen molar-refractivity contribution in [3.63, 3.8) is 0 Å². The highest BCUT2D eigenvalue weighted by molar-refractivity contribution is 5.99. The van der Waals surface area contributed by atoms with E-state index in [1.807, 2.05) is 6.07 Å². The van der Waals surface area contributed by atoms with E-state index < -0.39 is 33.5 Å². The predicted molar refractivity (Wildman–Crippen MR) is 87.1 cm³/mol. The van der Waals surface area contributed by atoms with Crippen molar-refractivity contribution in [1.82, 2.24) is 15.8 Å². The number of nitrogens with one attached hydrogen (secondary N) is 3. The van der Waals surface area contributed by atoms with E-state index in [1.165, 1.54) is 5.56 Å². The number of fused-ring (bicyclic) bond motifs is 1. The number of hydrogen-bond acceptors (Lipinski definition) is 5. The Morgan fingerprint density at radius 2 is 1.80 bits per heavy atom. The van der Waals surface area contributed by atoms with E-state index in [0.29, 0.717) is 5.56 Å². The average Bonchev–Trinajstić information content (AvgIpc) is 3.07. The first-order valence-electron chi connectivity index (χ1n) is 7.55. The molecule has 0 saturated carbocycles. The normalized spacial score (nSPS) is 12.3. The molecule has 2 aromatic rings. The van der Waals surface area contributed by atoms with Crippen molar-refractivity contribution >= 4 is 17.5 Å².